The van der Waals surface area contributed by atoms with Gasteiger partial charge < -0.3 is 9.09 Å². The molecular weight excluding hydrogens is 368 g/mol. The highest BCUT2D eigenvalue weighted by Gasteiger charge is 2.38. The van der Waals surface area contributed by atoms with E-state index in [0.717, 1.165) is 22.9 Å². The molecule has 0 spiro atoms. The van der Waals surface area contributed by atoms with Gasteiger partial charge in [-0.05, 0) is 12.1 Å². The fourth-order valence-electron chi connectivity index (χ4n) is 2.10. The number of rotatable bonds is 3. The number of alkyl halides is 3. The van der Waals surface area contributed by atoms with Gasteiger partial charge in [0.25, 0.3) is 5.56 Å². The monoisotopic (exact) mass is 375 g/mol. The molecule has 3 rings (SSSR count). The molecule has 0 aliphatic heterocycles. The summed E-state index contributed by atoms with van der Waals surface area (Å²) in [5.41, 5.74) is -1.08. The summed E-state index contributed by atoms with van der Waals surface area (Å²) in [4.78, 5) is 15.2. The van der Waals surface area contributed by atoms with Crippen molar-refractivity contribution in [2.75, 3.05) is 0 Å². The second kappa shape index (κ2) is 6.32. The van der Waals surface area contributed by atoms with Gasteiger partial charge in [-0.1, -0.05) is 11.2 Å². The molecule has 0 saturated heterocycles. The summed E-state index contributed by atoms with van der Waals surface area (Å²) in [7, 11) is 0. The van der Waals surface area contributed by atoms with Gasteiger partial charge in [0.2, 0.25) is 5.82 Å². The molecule has 26 heavy (non-hydrogen) atoms. The maximum Gasteiger partial charge on any atom is 0.471 e. The van der Waals surface area contributed by atoms with Gasteiger partial charge in [0.15, 0.2) is 17.5 Å². The zero-order valence-corrected chi connectivity index (χ0v) is 12.5. The molecule has 2 aromatic heterocycles. The molecule has 0 radical (unpaired) electrons. The van der Waals surface area contributed by atoms with E-state index in [4.69, 9.17) is 0 Å². The van der Waals surface area contributed by atoms with Crippen molar-refractivity contribution in [3.05, 3.63) is 69.7 Å². The summed E-state index contributed by atoms with van der Waals surface area (Å²) in [6, 6.07) is 3.79. The summed E-state index contributed by atoms with van der Waals surface area (Å²) >= 11 is 0. The molecule has 0 aliphatic rings. The Bertz CT molecular complexity index is 1020. The number of nitrogens with zero attached hydrogens (tertiary/aromatic N) is 3. The van der Waals surface area contributed by atoms with Crippen LogP contribution < -0.4 is 5.56 Å². The van der Waals surface area contributed by atoms with Crippen molar-refractivity contribution in [1.82, 2.24) is 14.7 Å². The maximum atomic E-state index is 13.7. The van der Waals surface area contributed by atoms with E-state index in [1.54, 1.807) is 0 Å². The van der Waals surface area contributed by atoms with Gasteiger partial charge >= 0.3 is 12.1 Å². The second-order valence-corrected chi connectivity index (χ2v) is 5.14. The third kappa shape index (κ3) is 3.32. The third-order valence-electron chi connectivity index (χ3n) is 3.38. The minimum atomic E-state index is -4.83. The zero-order chi connectivity index (χ0) is 19.1. The highest BCUT2D eigenvalue weighted by atomic mass is 19.4. The van der Waals surface area contributed by atoms with Crippen LogP contribution in [0.25, 0.3) is 11.4 Å². The summed E-state index contributed by atoms with van der Waals surface area (Å²) in [5, 5.41) is 3.14. The Morgan fingerprint density at radius 3 is 2.42 bits per heavy atom. The molecule has 0 unspecified atom stereocenters. The van der Waals surface area contributed by atoms with Gasteiger partial charge in [-0.25, -0.2) is 13.2 Å². The molecule has 136 valence electrons. The second-order valence-electron chi connectivity index (χ2n) is 5.14. The van der Waals surface area contributed by atoms with Crippen molar-refractivity contribution < 1.29 is 30.9 Å². The molecule has 1 aromatic carbocycles. The van der Waals surface area contributed by atoms with Crippen LogP contribution in [0.15, 0.2) is 39.8 Å². The molecule has 2 heterocycles. The van der Waals surface area contributed by atoms with Crippen LogP contribution in [-0.4, -0.2) is 14.7 Å². The van der Waals surface area contributed by atoms with Crippen LogP contribution in [0.1, 0.15) is 11.5 Å². The van der Waals surface area contributed by atoms with Crippen molar-refractivity contribution in [2.45, 2.75) is 12.7 Å². The van der Waals surface area contributed by atoms with Crippen LogP contribution in [0.5, 0.6) is 0 Å². The van der Waals surface area contributed by atoms with E-state index in [1.165, 1.54) is 6.07 Å². The zero-order valence-electron chi connectivity index (χ0n) is 12.5. The molecule has 11 heteroatoms. The quantitative estimate of drug-likeness (QED) is 0.520. The number of halogens is 6. The third-order valence-corrected chi connectivity index (χ3v) is 3.38. The first-order chi connectivity index (χ1) is 12.2. The van der Waals surface area contributed by atoms with Gasteiger partial charge in [-0.15, -0.1) is 0 Å². The number of hydrogen-bond acceptors (Lipinski definition) is 4. The van der Waals surface area contributed by atoms with E-state index in [-0.39, 0.29) is 11.1 Å². The molecule has 3 aromatic rings. The first-order valence-corrected chi connectivity index (χ1v) is 6.91. The Balaban J connectivity index is 1.90. The summed E-state index contributed by atoms with van der Waals surface area (Å²) in [5.74, 6) is -6.50. The van der Waals surface area contributed by atoms with Crippen molar-refractivity contribution in [3.8, 4) is 11.4 Å². The minimum absolute atomic E-state index is 0.0590. The number of benzene rings is 1. The fourth-order valence-corrected chi connectivity index (χ4v) is 2.10. The normalized spacial score (nSPS) is 11.8. The van der Waals surface area contributed by atoms with Gasteiger partial charge in [-0.2, -0.15) is 18.2 Å². The summed E-state index contributed by atoms with van der Waals surface area (Å²) in [6.07, 6.45) is -3.70. The average Bonchev–Trinajstić information content (AvgIpc) is 3.07. The predicted molar refractivity (Wildman–Crippen MR) is 74.4 cm³/mol. The van der Waals surface area contributed by atoms with Crippen LogP contribution in [0, 0.1) is 17.5 Å². The molecule has 0 N–H and O–H groups in total. The maximum absolute atomic E-state index is 13.7. The van der Waals surface area contributed by atoms with Gasteiger partial charge in [0.1, 0.15) is 0 Å². The Kier molecular flexibility index (Phi) is 4.30. The predicted octanol–water partition coefficient (Wildman–Crippen LogP) is 3.38. The summed E-state index contributed by atoms with van der Waals surface area (Å²) in [6.45, 7) is -0.414. The molecule has 0 fully saturated rings. The molecule has 5 nitrogen and oxygen atoms in total. The number of aromatic nitrogens is 3. The van der Waals surface area contributed by atoms with Crippen molar-refractivity contribution in [2.24, 2.45) is 0 Å². The lowest BCUT2D eigenvalue weighted by atomic mass is 10.2. The highest BCUT2D eigenvalue weighted by molar-refractivity contribution is 5.52. The van der Waals surface area contributed by atoms with Gasteiger partial charge in [0, 0.05) is 23.4 Å². The van der Waals surface area contributed by atoms with Crippen molar-refractivity contribution in [1.29, 1.82) is 0 Å². The standard InChI is InChI=1S/C15H7F6N3O2/c16-9-2-1-8(11(17)12(9)18)6-24-4-3-7(5-10(24)25)13-22-14(26-23-13)15(19,20)21/h1-5H,6H2. The first-order valence-electron chi connectivity index (χ1n) is 6.91. The van der Waals surface area contributed by atoms with Gasteiger partial charge in [-0.3, -0.25) is 4.79 Å². The number of pyridine rings is 1. The van der Waals surface area contributed by atoms with E-state index in [1.807, 2.05) is 0 Å². The smallest absolute Gasteiger partial charge is 0.329 e. The lowest BCUT2D eigenvalue weighted by Crippen LogP contribution is -2.20. The van der Waals surface area contributed by atoms with E-state index >= 15 is 0 Å². The molecule has 0 aliphatic carbocycles. The topological polar surface area (TPSA) is 60.9 Å². The lowest BCUT2D eigenvalue weighted by molar-refractivity contribution is -0.159. The van der Waals surface area contributed by atoms with Crippen LogP contribution in [0.3, 0.4) is 0 Å². The Labute approximate surface area is 140 Å². The average molecular weight is 375 g/mol. The lowest BCUT2D eigenvalue weighted by Gasteiger charge is -2.08. The SMILES string of the molecule is O=c1cc(-c2noc(C(F)(F)F)n2)ccn1Cc1ccc(F)c(F)c1F. The summed E-state index contributed by atoms with van der Waals surface area (Å²) < 4.78 is 82.2. The van der Waals surface area contributed by atoms with Gasteiger partial charge in [0.05, 0.1) is 6.54 Å². The van der Waals surface area contributed by atoms with E-state index in [0.29, 0.717) is 6.07 Å². The molecule has 0 amide bonds. The molecule has 0 atom stereocenters. The van der Waals surface area contributed by atoms with Crippen LogP contribution in [0.4, 0.5) is 26.3 Å². The van der Waals surface area contributed by atoms with E-state index in [9.17, 15) is 31.1 Å². The highest BCUT2D eigenvalue weighted by Crippen LogP contribution is 2.29. The Morgan fingerprint density at radius 1 is 1.08 bits per heavy atom. The molecule has 0 bridgehead atoms. The molecular formula is C15H7F6N3O2. The number of hydrogen-bond donors (Lipinski definition) is 0. The van der Waals surface area contributed by atoms with Crippen LogP contribution in [0.2, 0.25) is 0 Å². The van der Waals surface area contributed by atoms with Crippen LogP contribution in [-0.2, 0) is 12.7 Å². The van der Waals surface area contributed by atoms with Crippen molar-refractivity contribution in [3.63, 3.8) is 0 Å². The first kappa shape index (κ1) is 17.7. The molecule has 0 saturated carbocycles. The minimum Gasteiger partial charge on any atom is -0.329 e. The van der Waals surface area contributed by atoms with E-state index < -0.39 is 47.4 Å². The largest absolute Gasteiger partial charge is 0.471 e. The fraction of sp³-hybridized carbons (Fsp3) is 0.133. The van der Waals surface area contributed by atoms with Crippen molar-refractivity contribution >= 4 is 0 Å². The van der Waals surface area contributed by atoms with E-state index in [2.05, 4.69) is 14.7 Å². The van der Waals surface area contributed by atoms with Crippen LogP contribution >= 0.6 is 0 Å². The Hall–Kier alpha value is -3.11. The Morgan fingerprint density at radius 2 is 1.81 bits per heavy atom.